The average molecular weight is 424 g/mol. The van der Waals surface area contributed by atoms with Crippen LogP contribution in [0.5, 0.6) is 5.75 Å². The van der Waals surface area contributed by atoms with Gasteiger partial charge in [0, 0.05) is 14.9 Å². The first-order valence-corrected chi connectivity index (χ1v) is 9.79. The Bertz CT molecular complexity index is 922. The topological polar surface area (TPSA) is 21.6 Å². The highest BCUT2D eigenvalue weighted by Crippen LogP contribution is 2.24. The van der Waals surface area contributed by atoms with Crippen LogP contribution in [0, 0.1) is 0 Å². The molecule has 0 saturated carbocycles. The molecule has 0 saturated heterocycles. The fourth-order valence-electron chi connectivity index (χ4n) is 2.34. The van der Waals surface area contributed by atoms with Crippen molar-refractivity contribution in [3.05, 3.63) is 100 Å². The highest BCUT2D eigenvalue weighted by molar-refractivity contribution is 9.10. The Morgan fingerprint density at radius 3 is 2.54 bits per heavy atom. The number of hydrogen-bond acceptors (Lipinski definition) is 3. The molecule has 0 unspecified atom stereocenters. The number of rotatable bonds is 6. The summed E-state index contributed by atoms with van der Waals surface area (Å²) in [5.74, 6) is 0.816. The summed E-state index contributed by atoms with van der Waals surface area (Å²) in [6, 6.07) is 26.1. The molecule has 0 fully saturated rings. The van der Waals surface area contributed by atoms with Crippen molar-refractivity contribution in [3.63, 3.8) is 0 Å². The molecule has 0 aliphatic heterocycles. The van der Waals surface area contributed by atoms with Crippen LogP contribution in [0.15, 0.2) is 105 Å². The van der Waals surface area contributed by atoms with Gasteiger partial charge in [0.25, 0.3) is 0 Å². The summed E-state index contributed by atoms with van der Waals surface area (Å²) in [4.78, 5) is 5.97. The van der Waals surface area contributed by atoms with Gasteiger partial charge in [-0.2, -0.15) is 0 Å². The first-order valence-electron chi connectivity index (χ1n) is 8.11. The number of thioether (sulfide) groups is 1. The van der Waals surface area contributed by atoms with E-state index in [1.807, 2.05) is 72.8 Å². The van der Waals surface area contributed by atoms with E-state index in [2.05, 4.69) is 33.5 Å². The van der Waals surface area contributed by atoms with Crippen molar-refractivity contribution in [2.75, 3.05) is 7.11 Å². The number of aliphatic imine (C=N–C) groups is 1. The van der Waals surface area contributed by atoms with Crippen molar-refractivity contribution in [2.45, 2.75) is 4.90 Å². The van der Waals surface area contributed by atoms with Gasteiger partial charge in [-0.15, -0.1) is 0 Å². The van der Waals surface area contributed by atoms with E-state index in [1.165, 1.54) is 4.90 Å². The number of ether oxygens (including phenoxy) is 1. The van der Waals surface area contributed by atoms with Crippen LogP contribution >= 0.6 is 27.7 Å². The van der Waals surface area contributed by atoms with Crippen LogP contribution in [0.4, 0.5) is 5.69 Å². The molecule has 0 N–H and O–H groups in total. The maximum atomic E-state index is 5.35. The van der Waals surface area contributed by atoms with Crippen molar-refractivity contribution < 1.29 is 4.74 Å². The van der Waals surface area contributed by atoms with Gasteiger partial charge in [-0.3, -0.25) is 0 Å². The Balaban J connectivity index is 1.90. The molecule has 3 rings (SSSR count). The van der Waals surface area contributed by atoms with Crippen LogP contribution in [0.2, 0.25) is 0 Å². The molecule has 130 valence electrons. The average Bonchev–Trinajstić information content (AvgIpc) is 2.68. The summed E-state index contributed by atoms with van der Waals surface area (Å²) in [7, 11) is 1.67. The van der Waals surface area contributed by atoms with E-state index < -0.39 is 0 Å². The minimum absolute atomic E-state index is 0.816. The van der Waals surface area contributed by atoms with Gasteiger partial charge in [-0.25, -0.2) is 4.99 Å². The van der Waals surface area contributed by atoms with Crippen LogP contribution in [0.3, 0.4) is 0 Å². The summed E-state index contributed by atoms with van der Waals surface area (Å²) in [6.45, 7) is 0. The molecular weight excluding hydrogens is 406 g/mol. The standard InChI is InChI=1S/C22H18BrNOS/c1-25-20-11-5-7-17(15-20)22(24-19-9-3-2-4-10-19)13-14-26-21-12-6-8-18(23)16-21/h2-16H,1H3. The molecule has 0 spiro atoms. The molecule has 0 aliphatic rings. The van der Waals surface area contributed by atoms with E-state index in [-0.39, 0.29) is 0 Å². The van der Waals surface area contributed by atoms with Gasteiger partial charge in [0.1, 0.15) is 5.75 Å². The van der Waals surface area contributed by atoms with E-state index in [4.69, 9.17) is 9.73 Å². The van der Waals surface area contributed by atoms with Gasteiger partial charge < -0.3 is 4.74 Å². The molecule has 3 aromatic rings. The summed E-state index contributed by atoms with van der Waals surface area (Å²) >= 11 is 5.16. The van der Waals surface area contributed by atoms with E-state index in [0.29, 0.717) is 0 Å². The van der Waals surface area contributed by atoms with Gasteiger partial charge in [-0.1, -0.05) is 64.1 Å². The van der Waals surface area contributed by atoms with Gasteiger partial charge in [0.15, 0.2) is 0 Å². The smallest absolute Gasteiger partial charge is 0.119 e. The van der Waals surface area contributed by atoms with Crippen LogP contribution in [-0.2, 0) is 0 Å². The highest BCUT2D eigenvalue weighted by Gasteiger charge is 2.03. The van der Waals surface area contributed by atoms with Crippen LogP contribution in [-0.4, -0.2) is 12.8 Å². The summed E-state index contributed by atoms with van der Waals surface area (Å²) < 4.78 is 6.42. The zero-order valence-electron chi connectivity index (χ0n) is 14.3. The largest absolute Gasteiger partial charge is 0.497 e. The molecular formula is C22H18BrNOS. The van der Waals surface area contributed by atoms with Crippen molar-refractivity contribution in [3.8, 4) is 5.75 Å². The Hall–Kier alpha value is -2.30. The second-order valence-corrected chi connectivity index (χ2v) is 7.34. The Kier molecular flexibility index (Phi) is 6.69. The van der Waals surface area contributed by atoms with E-state index in [1.54, 1.807) is 18.9 Å². The molecule has 0 amide bonds. The Morgan fingerprint density at radius 1 is 0.962 bits per heavy atom. The molecule has 2 nitrogen and oxygen atoms in total. The van der Waals surface area contributed by atoms with E-state index in [9.17, 15) is 0 Å². The second kappa shape index (κ2) is 9.41. The minimum atomic E-state index is 0.816. The monoisotopic (exact) mass is 423 g/mol. The van der Waals surface area contributed by atoms with E-state index >= 15 is 0 Å². The lowest BCUT2D eigenvalue weighted by Crippen LogP contribution is -1.97. The first kappa shape index (κ1) is 18.5. The van der Waals surface area contributed by atoms with E-state index in [0.717, 1.165) is 27.2 Å². The normalized spacial score (nSPS) is 11.7. The summed E-state index contributed by atoms with van der Waals surface area (Å²) in [5, 5.41) is 2.06. The minimum Gasteiger partial charge on any atom is -0.497 e. The van der Waals surface area contributed by atoms with Crippen molar-refractivity contribution in [2.24, 2.45) is 4.99 Å². The summed E-state index contributed by atoms with van der Waals surface area (Å²) in [5.41, 5.74) is 2.82. The molecule has 0 aromatic heterocycles. The lowest BCUT2D eigenvalue weighted by atomic mass is 10.1. The lowest BCUT2D eigenvalue weighted by Gasteiger charge is -2.06. The van der Waals surface area contributed by atoms with Crippen molar-refractivity contribution in [1.82, 2.24) is 0 Å². The second-order valence-electron chi connectivity index (χ2n) is 5.44. The predicted octanol–water partition coefficient (Wildman–Crippen LogP) is 6.88. The molecule has 26 heavy (non-hydrogen) atoms. The number of halogens is 1. The maximum absolute atomic E-state index is 5.35. The molecule has 4 heteroatoms. The molecule has 0 aliphatic carbocycles. The summed E-state index contributed by atoms with van der Waals surface area (Å²) in [6.07, 6.45) is 2.04. The third-order valence-electron chi connectivity index (χ3n) is 3.60. The zero-order valence-corrected chi connectivity index (χ0v) is 16.7. The zero-order chi connectivity index (χ0) is 18.2. The highest BCUT2D eigenvalue weighted by atomic mass is 79.9. The number of nitrogens with zero attached hydrogens (tertiary/aromatic N) is 1. The first-order chi connectivity index (χ1) is 12.7. The molecule has 3 aromatic carbocycles. The molecule has 0 heterocycles. The fraction of sp³-hybridized carbons (Fsp3) is 0.0455. The van der Waals surface area contributed by atoms with Gasteiger partial charge in [0.05, 0.1) is 18.5 Å². The third-order valence-corrected chi connectivity index (χ3v) is 4.89. The van der Waals surface area contributed by atoms with Gasteiger partial charge in [0.2, 0.25) is 0 Å². The fourth-order valence-corrected chi connectivity index (χ4v) is 3.60. The number of methoxy groups -OCH3 is 1. The van der Waals surface area contributed by atoms with Crippen LogP contribution in [0.25, 0.3) is 0 Å². The number of para-hydroxylation sites is 1. The molecule has 0 atom stereocenters. The van der Waals surface area contributed by atoms with Crippen LogP contribution in [0.1, 0.15) is 5.56 Å². The van der Waals surface area contributed by atoms with Gasteiger partial charge >= 0.3 is 0 Å². The van der Waals surface area contributed by atoms with Crippen molar-refractivity contribution >= 4 is 39.1 Å². The third kappa shape index (κ3) is 5.35. The van der Waals surface area contributed by atoms with Gasteiger partial charge in [-0.05, 0) is 53.9 Å². The Labute approximate surface area is 166 Å². The SMILES string of the molecule is COc1cccc(C(C=CSc2cccc(Br)c2)=Nc2ccccc2)c1. The number of benzene rings is 3. The van der Waals surface area contributed by atoms with Crippen LogP contribution < -0.4 is 4.74 Å². The molecule has 0 bridgehead atoms. The maximum Gasteiger partial charge on any atom is 0.119 e. The number of hydrogen-bond donors (Lipinski definition) is 0. The quantitative estimate of drug-likeness (QED) is 0.318. The molecule has 0 radical (unpaired) electrons. The Morgan fingerprint density at radius 2 is 1.77 bits per heavy atom. The number of allylic oxidation sites excluding steroid dienone is 1. The predicted molar refractivity (Wildman–Crippen MR) is 115 cm³/mol. The lowest BCUT2D eigenvalue weighted by molar-refractivity contribution is 0.414. The van der Waals surface area contributed by atoms with Crippen molar-refractivity contribution in [1.29, 1.82) is 0 Å².